The number of benzene rings is 3. The number of carbonyl (C=O) groups excluding carboxylic acids is 4. The highest BCUT2D eigenvalue weighted by atomic mass is 32.1. The number of ether oxygens (including phenoxy) is 2. The van der Waals surface area contributed by atoms with E-state index in [0.717, 1.165) is 57.3 Å². The van der Waals surface area contributed by atoms with Crippen molar-refractivity contribution in [2.24, 2.45) is 5.41 Å². The van der Waals surface area contributed by atoms with Gasteiger partial charge in [0.25, 0.3) is 5.91 Å². The molecule has 2 fully saturated rings. The number of thiocarbonyl (C=S) groups is 1. The number of thiazole rings is 1. The first-order valence-electron chi connectivity index (χ1n) is 23.0. The molecular formula is C50H59F3N8O7S2. The third-order valence-electron chi connectivity index (χ3n) is 12.0. The van der Waals surface area contributed by atoms with Crippen LogP contribution in [0.2, 0.25) is 0 Å². The fourth-order valence-corrected chi connectivity index (χ4v) is 9.60. The Morgan fingerprint density at radius 2 is 1.66 bits per heavy atom. The number of likely N-dealkylation sites (tertiary alicyclic amines) is 1. The molecule has 15 nitrogen and oxygen atoms in total. The van der Waals surface area contributed by atoms with Gasteiger partial charge in [0, 0.05) is 57.3 Å². The number of β-amino-alcohol motifs (C(OH)–C–C–N with tert-alkyl or cyclic N) is 1. The van der Waals surface area contributed by atoms with Crippen LogP contribution >= 0.6 is 23.6 Å². The zero-order valence-corrected chi connectivity index (χ0v) is 41.7. The van der Waals surface area contributed by atoms with Crippen molar-refractivity contribution < 1.29 is 46.9 Å². The molecule has 4 aromatic rings. The number of aliphatic hydroxyl groups is 1. The topological polar surface area (TPSA) is 189 Å². The summed E-state index contributed by atoms with van der Waals surface area (Å²) in [6, 6.07) is 17.8. The number of hydrogen-bond acceptors (Lipinski definition) is 12. The summed E-state index contributed by atoms with van der Waals surface area (Å²) in [6.45, 7) is 12.5. The Hall–Kier alpha value is -5.98. The van der Waals surface area contributed by atoms with Crippen molar-refractivity contribution >= 4 is 69.4 Å². The van der Waals surface area contributed by atoms with Gasteiger partial charge in [0.2, 0.25) is 17.7 Å². The Kier molecular flexibility index (Phi) is 17.4. The second-order valence-corrected chi connectivity index (χ2v) is 20.0. The summed E-state index contributed by atoms with van der Waals surface area (Å²) in [5.41, 5.74) is 2.37. The minimum atomic E-state index is -4.80. The number of unbranched alkanes of at least 4 members (excludes halogenated alkanes) is 1. The standard InChI is InChI=1S/C50H59F3N8O7S2/c1-31-42(70-30-57-31)33-12-10-32(11-13-33)27-56-44(64)40-25-38(62)28-59(40)45(65)43(48(2,3)4)58-41(63)29-68-23-9-22-67-21-8-7-20-55-35-15-18-36(19-16-35)61-47(69)60(46(66)49(61,5)6)37-17-14-34(26-54)39(24-37)50(51,52)53/h10-19,24,30,38,40,43,55,62H,7-9,20-23,25,27-29H2,1-6H3,(H,56,64)(H,58,63)/t38-,40+,43-/m1/s1. The number of rotatable bonds is 20. The SMILES string of the molecule is Cc1ncsc1-c1ccc(CNC(=O)[C@@H]2C[C@@H](O)CN2C(=O)[C@@H](NC(=O)COCCCOCCCCNc2ccc(N3C(=S)N(c4ccc(C#N)c(C(F)(F)F)c4)C(=O)C3(C)C)cc2)C(C)(C)C)cc1. The van der Waals surface area contributed by atoms with Crippen molar-refractivity contribution in [1.82, 2.24) is 20.5 Å². The predicted molar refractivity (Wildman–Crippen MR) is 265 cm³/mol. The third kappa shape index (κ3) is 12.9. The number of aryl methyl sites for hydroxylation is 1. The summed E-state index contributed by atoms with van der Waals surface area (Å²) in [4.78, 5) is 63.3. The van der Waals surface area contributed by atoms with E-state index in [9.17, 15) is 42.7 Å². The number of halogens is 3. The van der Waals surface area contributed by atoms with Crippen LogP contribution in [0.5, 0.6) is 0 Å². The fraction of sp³-hybridized carbons (Fsp3) is 0.460. The average molecular weight is 1010 g/mol. The van der Waals surface area contributed by atoms with E-state index in [1.54, 1.807) is 53.8 Å². The first-order valence-corrected chi connectivity index (χ1v) is 24.2. The van der Waals surface area contributed by atoms with E-state index in [1.807, 2.05) is 64.1 Å². The van der Waals surface area contributed by atoms with E-state index in [4.69, 9.17) is 21.7 Å². The van der Waals surface area contributed by atoms with Crippen LogP contribution < -0.4 is 25.8 Å². The molecule has 20 heteroatoms. The van der Waals surface area contributed by atoms with E-state index >= 15 is 0 Å². The number of aliphatic hydroxyl groups excluding tert-OH is 1. The van der Waals surface area contributed by atoms with Gasteiger partial charge in [0.1, 0.15) is 24.2 Å². The maximum atomic E-state index is 13.9. The molecule has 6 rings (SSSR count). The number of nitrogens with zero attached hydrogens (tertiary/aromatic N) is 5. The van der Waals surface area contributed by atoms with Gasteiger partial charge in [-0.05, 0) is 111 Å². The van der Waals surface area contributed by atoms with Gasteiger partial charge in [0.05, 0.1) is 45.1 Å². The molecule has 0 spiro atoms. The lowest BCUT2D eigenvalue weighted by Crippen LogP contribution is -2.58. The van der Waals surface area contributed by atoms with Crippen LogP contribution in [0.3, 0.4) is 0 Å². The van der Waals surface area contributed by atoms with Crippen LogP contribution in [-0.2, 0) is 41.4 Å². The van der Waals surface area contributed by atoms with Gasteiger partial charge in [-0.2, -0.15) is 18.4 Å². The van der Waals surface area contributed by atoms with Crippen molar-refractivity contribution in [2.45, 2.75) is 104 Å². The highest BCUT2D eigenvalue weighted by Crippen LogP contribution is 2.40. The molecule has 2 saturated heterocycles. The summed E-state index contributed by atoms with van der Waals surface area (Å²) < 4.78 is 52.5. The Morgan fingerprint density at radius 1 is 0.986 bits per heavy atom. The molecule has 0 saturated carbocycles. The molecule has 2 aliphatic heterocycles. The van der Waals surface area contributed by atoms with E-state index in [0.29, 0.717) is 31.9 Å². The molecule has 3 atom stereocenters. The molecule has 1 aromatic heterocycles. The summed E-state index contributed by atoms with van der Waals surface area (Å²) in [7, 11) is 0. The number of nitriles is 1. The molecule has 2 aliphatic rings. The predicted octanol–water partition coefficient (Wildman–Crippen LogP) is 7.35. The van der Waals surface area contributed by atoms with E-state index in [2.05, 4.69) is 20.9 Å². The number of alkyl halides is 3. The number of nitrogens with one attached hydrogen (secondary N) is 3. The normalized spacial score (nSPS) is 17.4. The Labute approximate surface area is 415 Å². The number of hydrogen-bond donors (Lipinski definition) is 4. The zero-order chi connectivity index (χ0) is 51.0. The summed E-state index contributed by atoms with van der Waals surface area (Å²) in [6.07, 6.45) is -3.49. The molecule has 4 N–H and O–H groups in total. The van der Waals surface area contributed by atoms with Crippen LogP contribution in [0.25, 0.3) is 10.4 Å². The van der Waals surface area contributed by atoms with Gasteiger partial charge in [-0.3, -0.25) is 24.1 Å². The summed E-state index contributed by atoms with van der Waals surface area (Å²) in [5.74, 6) is -1.83. The molecule has 3 aromatic carbocycles. The Bertz CT molecular complexity index is 2560. The molecular weight excluding hydrogens is 946 g/mol. The number of aromatic nitrogens is 1. The van der Waals surface area contributed by atoms with Crippen molar-refractivity contribution in [3.8, 4) is 16.5 Å². The lowest BCUT2D eigenvalue weighted by atomic mass is 9.85. The van der Waals surface area contributed by atoms with Gasteiger partial charge in [-0.25, -0.2) is 4.98 Å². The number of carbonyl (C=O) groups is 4. The van der Waals surface area contributed by atoms with Crippen LogP contribution in [0.4, 0.5) is 30.2 Å². The number of amides is 4. The van der Waals surface area contributed by atoms with Crippen molar-refractivity contribution in [3.63, 3.8) is 0 Å². The largest absolute Gasteiger partial charge is 0.417 e. The van der Waals surface area contributed by atoms with Gasteiger partial charge in [-0.1, -0.05) is 45.0 Å². The summed E-state index contributed by atoms with van der Waals surface area (Å²) in [5, 5.41) is 28.8. The quantitative estimate of drug-likeness (QED) is 0.0510. The molecule has 0 bridgehead atoms. The third-order valence-corrected chi connectivity index (χ3v) is 13.4. The molecule has 70 heavy (non-hydrogen) atoms. The zero-order valence-electron chi connectivity index (χ0n) is 40.0. The maximum absolute atomic E-state index is 13.9. The van der Waals surface area contributed by atoms with Gasteiger partial charge in [-0.15, -0.1) is 11.3 Å². The second kappa shape index (κ2) is 22.8. The first kappa shape index (κ1) is 53.4. The highest BCUT2D eigenvalue weighted by molar-refractivity contribution is 7.81. The molecule has 0 radical (unpaired) electrons. The monoisotopic (exact) mass is 1000 g/mol. The second-order valence-electron chi connectivity index (χ2n) is 18.8. The van der Waals surface area contributed by atoms with E-state index in [1.165, 1.54) is 11.0 Å². The maximum Gasteiger partial charge on any atom is 0.417 e. The van der Waals surface area contributed by atoms with E-state index in [-0.39, 0.29) is 49.4 Å². The van der Waals surface area contributed by atoms with Crippen molar-refractivity contribution in [3.05, 3.63) is 94.6 Å². The number of anilines is 3. The van der Waals surface area contributed by atoms with Crippen LogP contribution in [0.15, 0.2) is 72.2 Å². The Morgan fingerprint density at radius 3 is 2.30 bits per heavy atom. The summed E-state index contributed by atoms with van der Waals surface area (Å²) >= 11 is 7.20. The highest BCUT2D eigenvalue weighted by Gasteiger charge is 2.51. The fourth-order valence-electron chi connectivity index (χ4n) is 8.26. The van der Waals surface area contributed by atoms with Crippen LogP contribution in [0.1, 0.15) is 82.7 Å². The van der Waals surface area contributed by atoms with Gasteiger partial charge >= 0.3 is 6.18 Å². The molecule has 4 amide bonds. The minimum Gasteiger partial charge on any atom is -0.391 e. The molecule has 0 unspecified atom stereocenters. The van der Waals surface area contributed by atoms with Crippen LogP contribution in [0, 0.1) is 23.7 Å². The Balaban J connectivity index is 0.867. The van der Waals surface area contributed by atoms with Crippen molar-refractivity contribution in [1.29, 1.82) is 5.26 Å². The lowest BCUT2D eigenvalue weighted by Gasteiger charge is -2.35. The average Bonchev–Trinajstić information content (AvgIpc) is 3.98. The molecule has 3 heterocycles. The first-order chi connectivity index (χ1) is 33.1. The van der Waals surface area contributed by atoms with Gasteiger partial charge < -0.3 is 40.3 Å². The van der Waals surface area contributed by atoms with Crippen molar-refractivity contribution in [2.75, 3.05) is 54.6 Å². The van der Waals surface area contributed by atoms with Crippen LogP contribution in [-0.4, -0.2) is 107 Å². The smallest absolute Gasteiger partial charge is 0.391 e. The van der Waals surface area contributed by atoms with E-state index < -0.39 is 64.2 Å². The lowest BCUT2D eigenvalue weighted by molar-refractivity contribution is -0.144. The minimum absolute atomic E-state index is 0.0136. The molecule has 0 aliphatic carbocycles. The van der Waals surface area contributed by atoms with Gasteiger partial charge in [0.15, 0.2) is 5.11 Å². The molecule has 374 valence electrons.